The van der Waals surface area contributed by atoms with Crippen LogP contribution in [0, 0.1) is 6.92 Å². The fourth-order valence-electron chi connectivity index (χ4n) is 2.55. The topological polar surface area (TPSA) is 61.4 Å². The molecule has 1 fully saturated rings. The Kier molecular flexibility index (Phi) is 4.52. The highest BCUT2D eigenvalue weighted by Gasteiger charge is 2.16. The van der Waals surface area contributed by atoms with Gasteiger partial charge in [0.1, 0.15) is 0 Å². The van der Waals surface area contributed by atoms with Gasteiger partial charge in [0.05, 0.1) is 18.1 Å². The van der Waals surface area contributed by atoms with E-state index in [1.54, 1.807) is 18.5 Å². The largest absolute Gasteiger partial charge is 0.338 e. The van der Waals surface area contributed by atoms with E-state index in [0.29, 0.717) is 17.2 Å². The van der Waals surface area contributed by atoms with E-state index in [2.05, 4.69) is 32.1 Å². The van der Waals surface area contributed by atoms with Gasteiger partial charge in [0.25, 0.3) is 5.91 Å². The minimum Gasteiger partial charge on any atom is -0.338 e. The van der Waals surface area contributed by atoms with Crippen molar-refractivity contribution in [1.82, 2.24) is 14.9 Å². The first-order valence-corrected chi connectivity index (χ1v) is 7.75. The maximum absolute atomic E-state index is 12.2. The molecule has 0 bridgehead atoms. The highest BCUT2D eigenvalue weighted by molar-refractivity contribution is 6.04. The molecule has 1 aliphatic rings. The smallest absolute Gasteiger partial charge is 0.255 e. The van der Waals surface area contributed by atoms with Crippen LogP contribution in [0.3, 0.4) is 0 Å². The molecule has 0 unspecified atom stereocenters. The molecule has 1 N–H and O–H groups in total. The van der Waals surface area contributed by atoms with Crippen LogP contribution >= 0.6 is 0 Å². The third kappa shape index (κ3) is 3.84. The van der Waals surface area contributed by atoms with Gasteiger partial charge in [-0.3, -0.25) is 4.79 Å². The van der Waals surface area contributed by atoms with Crippen molar-refractivity contribution in [2.45, 2.75) is 6.92 Å². The molecule has 1 aromatic carbocycles. The zero-order valence-corrected chi connectivity index (χ0v) is 13.5. The Hall–Kier alpha value is -2.47. The number of benzene rings is 1. The van der Waals surface area contributed by atoms with Gasteiger partial charge in [0.2, 0.25) is 5.95 Å². The molecule has 2 aromatic rings. The third-order valence-corrected chi connectivity index (χ3v) is 3.96. The summed E-state index contributed by atoms with van der Waals surface area (Å²) in [6, 6.07) is 7.48. The molecule has 1 aromatic heterocycles. The first kappa shape index (κ1) is 15.4. The third-order valence-electron chi connectivity index (χ3n) is 3.96. The van der Waals surface area contributed by atoms with Crippen LogP contribution in [0.1, 0.15) is 15.9 Å². The zero-order valence-electron chi connectivity index (χ0n) is 13.5. The van der Waals surface area contributed by atoms with E-state index in [1.165, 1.54) is 0 Å². The van der Waals surface area contributed by atoms with Crippen LogP contribution in [0.15, 0.2) is 36.7 Å². The minimum atomic E-state index is -0.148. The maximum atomic E-state index is 12.2. The van der Waals surface area contributed by atoms with E-state index in [9.17, 15) is 4.79 Å². The van der Waals surface area contributed by atoms with Gasteiger partial charge >= 0.3 is 0 Å². The fraction of sp³-hybridized carbons (Fsp3) is 0.353. The van der Waals surface area contributed by atoms with Gasteiger partial charge in [-0.05, 0) is 26.1 Å². The molecule has 3 rings (SSSR count). The predicted octanol–water partition coefficient (Wildman–Crippen LogP) is 1.79. The van der Waals surface area contributed by atoms with Gasteiger partial charge in [-0.1, -0.05) is 17.7 Å². The summed E-state index contributed by atoms with van der Waals surface area (Å²) in [6.45, 7) is 5.83. The molecule has 1 amide bonds. The molecular weight excluding hydrogens is 290 g/mol. The zero-order chi connectivity index (χ0) is 16.2. The van der Waals surface area contributed by atoms with Gasteiger partial charge in [-0.25, -0.2) is 9.97 Å². The number of carbonyl (C=O) groups excluding carboxylic acids is 1. The fourth-order valence-corrected chi connectivity index (χ4v) is 2.55. The van der Waals surface area contributed by atoms with Crippen molar-refractivity contribution in [3.8, 4) is 0 Å². The lowest BCUT2D eigenvalue weighted by Crippen LogP contribution is -2.45. The molecule has 6 nitrogen and oxygen atoms in total. The molecule has 6 heteroatoms. The first-order chi connectivity index (χ1) is 11.1. The van der Waals surface area contributed by atoms with Crippen molar-refractivity contribution in [2.24, 2.45) is 0 Å². The molecule has 23 heavy (non-hydrogen) atoms. The molecule has 1 aliphatic heterocycles. The number of hydrogen-bond acceptors (Lipinski definition) is 5. The van der Waals surface area contributed by atoms with Crippen LogP contribution in [-0.4, -0.2) is 54.0 Å². The maximum Gasteiger partial charge on any atom is 0.255 e. The Morgan fingerprint density at radius 1 is 1.13 bits per heavy atom. The van der Waals surface area contributed by atoms with E-state index in [-0.39, 0.29) is 5.91 Å². The second kappa shape index (κ2) is 6.75. The van der Waals surface area contributed by atoms with Gasteiger partial charge in [-0.2, -0.15) is 0 Å². The highest BCUT2D eigenvalue weighted by atomic mass is 16.1. The van der Waals surface area contributed by atoms with Crippen LogP contribution in [0.4, 0.5) is 11.6 Å². The number of hydrogen-bond donors (Lipinski definition) is 1. The quantitative estimate of drug-likeness (QED) is 0.936. The van der Waals surface area contributed by atoms with E-state index in [0.717, 1.165) is 31.7 Å². The van der Waals surface area contributed by atoms with Crippen LogP contribution in [0.2, 0.25) is 0 Å². The van der Waals surface area contributed by atoms with Gasteiger partial charge in [-0.15, -0.1) is 0 Å². The number of likely N-dealkylation sites (N-methyl/N-ethyl adjacent to an activating group) is 1. The summed E-state index contributed by atoms with van der Waals surface area (Å²) in [7, 11) is 2.11. The molecule has 0 atom stereocenters. The standard InChI is InChI=1S/C17H21N5O/c1-13-4-3-5-14(10-13)16(23)20-15-11-18-17(19-12-15)22-8-6-21(2)7-9-22/h3-5,10-12H,6-9H2,1-2H3,(H,20,23). The number of piperazine rings is 1. The van der Waals surface area contributed by atoms with Crippen molar-refractivity contribution in [3.05, 3.63) is 47.8 Å². The van der Waals surface area contributed by atoms with Crippen molar-refractivity contribution >= 4 is 17.5 Å². The Labute approximate surface area is 136 Å². The summed E-state index contributed by atoms with van der Waals surface area (Å²) in [5, 5.41) is 2.83. The van der Waals surface area contributed by atoms with Gasteiger partial charge in [0.15, 0.2) is 0 Å². The van der Waals surface area contributed by atoms with Crippen LogP contribution in [0.5, 0.6) is 0 Å². The lowest BCUT2D eigenvalue weighted by atomic mass is 10.1. The number of nitrogens with one attached hydrogen (secondary N) is 1. The Balaban J connectivity index is 1.64. The molecule has 2 heterocycles. The second-order valence-corrected chi connectivity index (χ2v) is 5.89. The molecule has 0 aliphatic carbocycles. The summed E-state index contributed by atoms with van der Waals surface area (Å²) in [5.41, 5.74) is 2.29. The number of anilines is 2. The van der Waals surface area contributed by atoms with Crippen molar-refractivity contribution in [1.29, 1.82) is 0 Å². The average molecular weight is 311 g/mol. The lowest BCUT2D eigenvalue weighted by Gasteiger charge is -2.32. The summed E-state index contributed by atoms with van der Waals surface area (Å²) in [5.74, 6) is 0.566. The lowest BCUT2D eigenvalue weighted by molar-refractivity contribution is 0.102. The molecule has 0 spiro atoms. The molecule has 0 radical (unpaired) electrons. The number of carbonyl (C=O) groups is 1. The van der Waals surface area contributed by atoms with E-state index < -0.39 is 0 Å². The summed E-state index contributed by atoms with van der Waals surface area (Å²) in [4.78, 5) is 25.4. The van der Waals surface area contributed by atoms with E-state index in [4.69, 9.17) is 0 Å². The number of rotatable bonds is 3. The van der Waals surface area contributed by atoms with Crippen molar-refractivity contribution in [3.63, 3.8) is 0 Å². The Morgan fingerprint density at radius 2 is 1.83 bits per heavy atom. The number of aryl methyl sites for hydroxylation is 1. The number of nitrogens with zero attached hydrogens (tertiary/aromatic N) is 4. The molecular formula is C17H21N5O. The minimum absolute atomic E-state index is 0.148. The SMILES string of the molecule is Cc1cccc(C(=O)Nc2cnc(N3CCN(C)CC3)nc2)c1. The van der Waals surface area contributed by atoms with Gasteiger partial charge < -0.3 is 15.1 Å². The van der Waals surface area contributed by atoms with Crippen molar-refractivity contribution < 1.29 is 4.79 Å². The number of amides is 1. The van der Waals surface area contributed by atoms with E-state index in [1.807, 2.05) is 25.1 Å². The summed E-state index contributed by atoms with van der Waals surface area (Å²) in [6.07, 6.45) is 3.32. The van der Waals surface area contributed by atoms with Crippen molar-refractivity contribution in [2.75, 3.05) is 43.4 Å². The predicted molar refractivity (Wildman–Crippen MR) is 90.9 cm³/mol. The van der Waals surface area contributed by atoms with E-state index >= 15 is 0 Å². The van der Waals surface area contributed by atoms with Crippen LogP contribution < -0.4 is 10.2 Å². The summed E-state index contributed by atoms with van der Waals surface area (Å²) < 4.78 is 0. The Bertz CT molecular complexity index is 678. The molecule has 1 saturated heterocycles. The molecule has 120 valence electrons. The highest BCUT2D eigenvalue weighted by Crippen LogP contribution is 2.13. The van der Waals surface area contributed by atoms with Crippen LogP contribution in [-0.2, 0) is 0 Å². The normalized spacial score (nSPS) is 15.5. The number of aromatic nitrogens is 2. The first-order valence-electron chi connectivity index (χ1n) is 7.75. The average Bonchev–Trinajstić information content (AvgIpc) is 2.56. The van der Waals surface area contributed by atoms with Gasteiger partial charge in [0, 0.05) is 31.7 Å². The summed E-state index contributed by atoms with van der Waals surface area (Å²) >= 11 is 0. The van der Waals surface area contributed by atoms with Crippen LogP contribution in [0.25, 0.3) is 0 Å². The Morgan fingerprint density at radius 3 is 2.48 bits per heavy atom. The monoisotopic (exact) mass is 311 g/mol. The second-order valence-electron chi connectivity index (χ2n) is 5.89. The molecule has 0 saturated carbocycles.